The standard InChI is InChI=1S/C12H18N4O/c1-7(13)5-15-12(17)10-6-14-11(9-3-4-9)16-8(10)2/h6-7,9H,3-5,13H2,1-2H3,(H,15,17)/t7-/m0/s1. The first-order valence-corrected chi connectivity index (χ1v) is 5.95. The summed E-state index contributed by atoms with van der Waals surface area (Å²) < 4.78 is 0. The Balaban J connectivity index is 2.07. The fourth-order valence-electron chi connectivity index (χ4n) is 1.60. The minimum absolute atomic E-state index is 0.0501. The second-order valence-corrected chi connectivity index (χ2v) is 4.69. The van der Waals surface area contributed by atoms with Gasteiger partial charge in [-0.05, 0) is 26.7 Å². The molecule has 0 aliphatic heterocycles. The van der Waals surface area contributed by atoms with Crippen molar-refractivity contribution in [1.82, 2.24) is 15.3 Å². The fourth-order valence-corrected chi connectivity index (χ4v) is 1.60. The number of carbonyl (C=O) groups excluding carboxylic acids is 1. The molecule has 1 aliphatic rings. The van der Waals surface area contributed by atoms with Crippen LogP contribution in [0, 0.1) is 6.92 Å². The predicted molar refractivity (Wildman–Crippen MR) is 64.7 cm³/mol. The maximum absolute atomic E-state index is 11.8. The van der Waals surface area contributed by atoms with E-state index < -0.39 is 0 Å². The molecule has 0 spiro atoms. The van der Waals surface area contributed by atoms with Crippen LogP contribution >= 0.6 is 0 Å². The SMILES string of the molecule is Cc1nc(C2CC2)ncc1C(=O)NC[C@H](C)N. The van der Waals surface area contributed by atoms with Crippen molar-refractivity contribution in [3.63, 3.8) is 0 Å². The van der Waals surface area contributed by atoms with E-state index in [1.54, 1.807) is 6.20 Å². The molecule has 1 heterocycles. The molecule has 17 heavy (non-hydrogen) atoms. The van der Waals surface area contributed by atoms with Gasteiger partial charge in [0.05, 0.1) is 11.3 Å². The highest BCUT2D eigenvalue weighted by Gasteiger charge is 2.27. The van der Waals surface area contributed by atoms with Gasteiger partial charge in [-0.1, -0.05) is 0 Å². The van der Waals surface area contributed by atoms with Gasteiger partial charge in [-0.2, -0.15) is 0 Å². The van der Waals surface area contributed by atoms with Crippen molar-refractivity contribution in [2.45, 2.75) is 38.6 Å². The van der Waals surface area contributed by atoms with Crippen LogP contribution in [0.3, 0.4) is 0 Å². The Kier molecular flexibility index (Phi) is 3.38. The normalized spacial score (nSPS) is 16.6. The molecule has 1 aromatic heterocycles. The summed E-state index contributed by atoms with van der Waals surface area (Å²) >= 11 is 0. The van der Waals surface area contributed by atoms with Gasteiger partial charge in [-0.15, -0.1) is 0 Å². The molecule has 1 fully saturated rings. The van der Waals surface area contributed by atoms with E-state index in [1.165, 1.54) is 0 Å². The van der Waals surface area contributed by atoms with Gasteiger partial charge in [-0.3, -0.25) is 4.79 Å². The summed E-state index contributed by atoms with van der Waals surface area (Å²) in [7, 11) is 0. The fraction of sp³-hybridized carbons (Fsp3) is 0.583. The smallest absolute Gasteiger partial charge is 0.254 e. The largest absolute Gasteiger partial charge is 0.350 e. The third kappa shape index (κ3) is 3.00. The number of nitrogens with zero attached hydrogens (tertiary/aromatic N) is 2. The Morgan fingerprint density at radius 3 is 2.88 bits per heavy atom. The van der Waals surface area contributed by atoms with E-state index in [0.29, 0.717) is 18.0 Å². The Hall–Kier alpha value is -1.49. The molecular formula is C12H18N4O. The number of carbonyl (C=O) groups is 1. The molecular weight excluding hydrogens is 216 g/mol. The summed E-state index contributed by atoms with van der Waals surface area (Å²) in [5, 5.41) is 2.76. The molecule has 1 aliphatic carbocycles. The van der Waals surface area contributed by atoms with E-state index >= 15 is 0 Å². The molecule has 5 heteroatoms. The highest BCUT2D eigenvalue weighted by molar-refractivity contribution is 5.94. The van der Waals surface area contributed by atoms with E-state index in [2.05, 4.69) is 15.3 Å². The molecule has 1 saturated carbocycles. The summed E-state index contributed by atoms with van der Waals surface area (Å²) in [4.78, 5) is 20.4. The number of hydrogen-bond donors (Lipinski definition) is 2. The van der Waals surface area contributed by atoms with Gasteiger partial charge in [0.25, 0.3) is 5.91 Å². The first kappa shape index (κ1) is 12.0. The molecule has 3 N–H and O–H groups in total. The highest BCUT2D eigenvalue weighted by atomic mass is 16.1. The molecule has 92 valence electrons. The Labute approximate surface area is 101 Å². The minimum atomic E-state index is -0.151. The van der Waals surface area contributed by atoms with Crippen molar-refractivity contribution in [3.05, 3.63) is 23.3 Å². The molecule has 0 radical (unpaired) electrons. The summed E-state index contributed by atoms with van der Waals surface area (Å²) in [6, 6.07) is -0.0501. The highest BCUT2D eigenvalue weighted by Crippen LogP contribution is 2.37. The summed E-state index contributed by atoms with van der Waals surface area (Å²) in [5.41, 5.74) is 6.86. The van der Waals surface area contributed by atoms with Gasteiger partial charge >= 0.3 is 0 Å². The Bertz CT molecular complexity index is 427. The zero-order valence-corrected chi connectivity index (χ0v) is 10.2. The number of nitrogens with one attached hydrogen (secondary N) is 1. The quantitative estimate of drug-likeness (QED) is 0.805. The second-order valence-electron chi connectivity index (χ2n) is 4.69. The molecule has 0 bridgehead atoms. The van der Waals surface area contributed by atoms with Crippen LogP contribution in [0.5, 0.6) is 0 Å². The minimum Gasteiger partial charge on any atom is -0.350 e. The van der Waals surface area contributed by atoms with Gasteiger partial charge in [0.2, 0.25) is 0 Å². The second kappa shape index (κ2) is 4.79. The molecule has 1 atom stereocenters. The lowest BCUT2D eigenvalue weighted by Gasteiger charge is -2.09. The van der Waals surface area contributed by atoms with Gasteiger partial charge in [0, 0.05) is 24.7 Å². The van der Waals surface area contributed by atoms with Crippen LogP contribution < -0.4 is 11.1 Å². The number of nitrogens with two attached hydrogens (primary N) is 1. The Morgan fingerprint density at radius 2 is 2.35 bits per heavy atom. The van der Waals surface area contributed by atoms with Crippen molar-refractivity contribution < 1.29 is 4.79 Å². The number of aryl methyl sites for hydroxylation is 1. The zero-order chi connectivity index (χ0) is 12.4. The van der Waals surface area contributed by atoms with Crippen LogP contribution in [0.2, 0.25) is 0 Å². The van der Waals surface area contributed by atoms with Crippen molar-refractivity contribution in [3.8, 4) is 0 Å². The van der Waals surface area contributed by atoms with Crippen LogP contribution in [-0.2, 0) is 0 Å². The molecule has 0 unspecified atom stereocenters. The summed E-state index contributed by atoms with van der Waals surface area (Å²) in [6.45, 7) is 4.15. The van der Waals surface area contributed by atoms with Gasteiger partial charge < -0.3 is 11.1 Å². The lowest BCUT2D eigenvalue weighted by atomic mass is 10.2. The maximum Gasteiger partial charge on any atom is 0.254 e. The van der Waals surface area contributed by atoms with E-state index in [4.69, 9.17) is 5.73 Å². The number of rotatable bonds is 4. The van der Waals surface area contributed by atoms with Crippen LogP contribution in [0.25, 0.3) is 0 Å². The molecule has 2 rings (SSSR count). The first-order chi connectivity index (χ1) is 8.08. The van der Waals surface area contributed by atoms with Crippen molar-refractivity contribution >= 4 is 5.91 Å². The topological polar surface area (TPSA) is 80.9 Å². The monoisotopic (exact) mass is 234 g/mol. The van der Waals surface area contributed by atoms with Gasteiger partial charge in [-0.25, -0.2) is 9.97 Å². The molecule has 5 nitrogen and oxygen atoms in total. The van der Waals surface area contributed by atoms with Crippen molar-refractivity contribution in [1.29, 1.82) is 0 Å². The van der Waals surface area contributed by atoms with Crippen LogP contribution in [0.1, 0.15) is 47.6 Å². The first-order valence-electron chi connectivity index (χ1n) is 5.95. The molecule has 0 saturated heterocycles. The third-order valence-electron chi connectivity index (χ3n) is 2.77. The van der Waals surface area contributed by atoms with E-state index in [0.717, 1.165) is 24.4 Å². The summed E-state index contributed by atoms with van der Waals surface area (Å²) in [5.74, 6) is 1.23. The lowest BCUT2D eigenvalue weighted by Crippen LogP contribution is -2.35. The number of amides is 1. The van der Waals surface area contributed by atoms with Crippen LogP contribution in [0.15, 0.2) is 6.20 Å². The summed E-state index contributed by atoms with van der Waals surface area (Å²) in [6.07, 6.45) is 3.94. The van der Waals surface area contributed by atoms with E-state index in [-0.39, 0.29) is 11.9 Å². The van der Waals surface area contributed by atoms with E-state index in [9.17, 15) is 4.79 Å². The molecule has 0 aromatic carbocycles. The van der Waals surface area contributed by atoms with E-state index in [1.807, 2.05) is 13.8 Å². The third-order valence-corrected chi connectivity index (χ3v) is 2.77. The van der Waals surface area contributed by atoms with Crippen molar-refractivity contribution in [2.75, 3.05) is 6.54 Å². The lowest BCUT2D eigenvalue weighted by molar-refractivity contribution is 0.0950. The van der Waals surface area contributed by atoms with Crippen molar-refractivity contribution in [2.24, 2.45) is 5.73 Å². The maximum atomic E-state index is 11.8. The van der Waals surface area contributed by atoms with Gasteiger partial charge in [0.1, 0.15) is 5.82 Å². The molecule has 1 amide bonds. The average Bonchev–Trinajstić information content (AvgIpc) is 3.09. The number of hydrogen-bond acceptors (Lipinski definition) is 4. The number of aromatic nitrogens is 2. The zero-order valence-electron chi connectivity index (χ0n) is 10.2. The Morgan fingerprint density at radius 1 is 1.65 bits per heavy atom. The molecule has 1 aromatic rings. The van der Waals surface area contributed by atoms with Crippen LogP contribution in [0.4, 0.5) is 0 Å². The average molecular weight is 234 g/mol. The predicted octanol–water partition coefficient (Wildman–Crippen LogP) is 0.739. The van der Waals surface area contributed by atoms with Crippen LogP contribution in [-0.4, -0.2) is 28.5 Å². The van der Waals surface area contributed by atoms with Gasteiger partial charge in [0.15, 0.2) is 0 Å².